The monoisotopic (exact) mass is 612 g/mol. The third-order valence-electron chi connectivity index (χ3n) is 7.82. The Bertz CT molecular complexity index is 1890. The zero-order chi connectivity index (χ0) is 32.3. The van der Waals surface area contributed by atoms with Gasteiger partial charge in [-0.2, -0.15) is 20.2 Å². The average molecular weight is 613 g/mol. The van der Waals surface area contributed by atoms with Crippen LogP contribution in [0, 0.1) is 44.9 Å². The van der Waals surface area contributed by atoms with E-state index in [4.69, 9.17) is 13.1 Å². The standard InChI is InChI=1S/C38H36N4S2/c1-21(2)25-11-26(22(3)4)14-29(13-25)32-17-34(31(19-39)20-40)43-36(32)37-33(18-35(44-37)38(41-9)42-10)30-15-27(23(5)6)12-28(16-30)24(7)8/h11-18,21-24H,1-8H3/b37-36+. The van der Waals surface area contributed by atoms with E-state index in [1.165, 1.54) is 44.9 Å². The molecule has 4 rings (SSSR count). The molecule has 2 aromatic carbocycles. The minimum absolute atomic E-state index is 0.0372. The van der Waals surface area contributed by atoms with Crippen LogP contribution in [0.25, 0.3) is 43.3 Å². The van der Waals surface area contributed by atoms with Crippen molar-refractivity contribution in [3.8, 4) is 34.4 Å². The van der Waals surface area contributed by atoms with Gasteiger partial charge in [0.2, 0.25) is 0 Å². The van der Waals surface area contributed by atoms with Crippen molar-refractivity contribution in [1.29, 1.82) is 10.5 Å². The SMILES string of the molecule is [C-]#[N+]C([N+]#[C-])=c1cc(-c2cc(C(C)C)cc(C(C)C)c2)/c(=c2\sc(=C(C#N)C#N)cc2-c2cc(C(C)C)cc(C(C)C)c2)s1. The molecule has 0 aliphatic carbocycles. The van der Waals surface area contributed by atoms with E-state index in [0.717, 1.165) is 31.3 Å². The summed E-state index contributed by atoms with van der Waals surface area (Å²) in [6.45, 7) is 32.9. The van der Waals surface area contributed by atoms with E-state index < -0.39 is 0 Å². The third-order valence-corrected chi connectivity index (χ3v) is 10.3. The van der Waals surface area contributed by atoms with Gasteiger partial charge in [0.15, 0.2) is 0 Å². The highest BCUT2D eigenvalue weighted by molar-refractivity contribution is 7.12. The summed E-state index contributed by atoms with van der Waals surface area (Å²) in [6.07, 6.45) is 0. The highest BCUT2D eigenvalue weighted by atomic mass is 32.1. The van der Waals surface area contributed by atoms with Crippen molar-refractivity contribution in [1.82, 2.24) is 0 Å². The Morgan fingerprint density at radius 3 is 1.23 bits per heavy atom. The summed E-state index contributed by atoms with van der Waals surface area (Å²) in [4.78, 5) is 7.10. The summed E-state index contributed by atoms with van der Waals surface area (Å²) in [5.74, 6) is 1.32. The van der Waals surface area contributed by atoms with Crippen LogP contribution in [0.15, 0.2) is 48.5 Å². The lowest BCUT2D eigenvalue weighted by Crippen LogP contribution is -1.96. The summed E-state index contributed by atoms with van der Waals surface area (Å²) in [5.41, 5.74) is 8.96. The van der Waals surface area contributed by atoms with Gasteiger partial charge in [0, 0.05) is 11.1 Å². The summed E-state index contributed by atoms with van der Waals surface area (Å²) in [6, 6.07) is 21.5. The van der Waals surface area contributed by atoms with Crippen molar-refractivity contribution in [2.45, 2.75) is 79.1 Å². The van der Waals surface area contributed by atoms with Gasteiger partial charge in [-0.25, -0.2) is 0 Å². The van der Waals surface area contributed by atoms with E-state index in [0.29, 0.717) is 32.7 Å². The van der Waals surface area contributed by atoms with Crippen molar-refractivity contribution in [3.63, 3.8) is 0 Å². The van der Waals surface area contributed by atoms with Crippen molar-refractivity contribution < 1.29 is 0 Å². The first-order valence-corrected chi connectivity index (χ1v) is 16.4. The van der Waals surface area contributed by atoms with Gasteiger partial charge in [0.05, 0.1) is 13.6 Å². The van der Waals surface area contributed by atoms with Gasteiger partial charge >= 0.3 is 5.82 Å². The summed E-state index contributed by atoms with van der Waals surface area (Å²) in [7, 11) is 0. The van der Waals surface area contributed by atoms with E-state index in [-0.39, 0.29) is 11.4 Å². The highest BCUT2D eigenvalue weighted by Gasteiger charge is 2.18. The Labute approximate surface area is 268 Å². The fraction of sp³-hybridized carbons (Fsp3) is 0.316. The molecule has 44 heavy (non-hydrogen) atoms. The normalized spacial score (nSPS) is 11.8. The number of hydrogen-bond donors (Lipinski definition) is 0. The fourth-order valence-electron chi connectivity index (χ4n) is 5.05. The zero-order valence-electron chi connectivity index (χ0n) is 26.5. The van der Waals surface area contributed by atoms with Gasteiger partial charge in [-0.15, -0.1) is 22.7 Å². The molecular weight excluding hydrogens is 577 g/mol. The third kappa shape index (κ3) is 6.54. The predicted molar refractivity (Wildman–Crippen MR) is 184 cm³/mol. The Morgan fingerprint density at radius 2 is 0.909 bits per heavy atom. The zero-order valence-corrected chi connectivity index (χ0v) is 28.2. The smallest absolute Gasteiger partial charge is 0.192 e. The van der Waals surface area contributed by atoms with Crippen LogP contribution in [0.1, 0.15) is 101 Å². The lowest BCUT2D eigenvalue weighted by Gasteiger charge is -2.15. The van der Waals surface area contributed by atoms with Crippen LogP contribution >= 0.6 is 22.7 Å². The topological polar surface area (TPSA) is 56.3 Å². The van der Waals surface area contributed by atoms with E-state index in [1.54, 1.807) is 0 Å². The molecule has 2 aromatic heterocycles. The maximum absolute atomic E-state index is 9.82. The second kappa shape index (κ2) is 13.5. The van der Waals surface area contributed by atoms with Gasteiger partial charge < -0.3 is 0 Å². The molecule has 0 saturated carbocycles. The number of nitrogens with zero attached hydrogens (tertiary/aromatic N) is 4. The second-order valence-electron chi connectivity index (χ2n) is 12.2. The molecule has 0 radical (unpaired) electrons. The molecular formula is C38H36N4S2. The molecule has 0 aliphatic heterocycles. The van der Waals surface area contributed by atoms with E-state index in [2.05, 4.69) is 114 Å². The van der Waals surface area contributed by atoms with Crippen LogP contribution in [-0.4, -0.2) is 0 Å². The minimum Gasteiger partial charge on any atom is -0.192 e. The molecule has 4 nitrogen and oxygen atoms in total. The van der Waals surface area contributed by atoms with E-state index in [9.17, 15) is 10.5 Å². The van der Waals surface area contributed by atoms with Crippen LogP contribution in [0.3, 0.4) is 0 Å². The van der Waals surface area contributed by atoms with Crippen LogP contribution in [0.4, 0.5) is 0 Å². The fourth-order valence-corrected chi connectivity index (χ4v) is 7.45. The number of hydrogen-bond acceptors (Lipinski definition) is 4. The molecule has 0 fully saturated rings. The molecule has 0 unspecified atom stereocenters. The first-order valence-electron chi connectivity index (χ1n) is 14.8. The Hall–Kier alpha value is -4.46. The largest absolute Gasteiger partial charge is 0.536 e. The molecule has 220 valence electrons. The van der Waals surface area contributed by atoms with Crippen LogP contribution in [0.2, 0.25) is 0 Å². The maximum Gasteiger partial charge on any atom is 0.536 e. The molecule has 0 amide bonds. The molecule has 0 aliphatic rings. The molecule has 0 N–H and O–H groups in total. The molecule has 2 heterocycles. The maximum atomic E-state index is 9.82. The Kier molecular flexibility index (Phi) is 9.92. The molecule has 0 bridgehead atoms. The molecule has 0 spiro atoms. The lowest BCUT2D eigenvalue weighted by molar-refractivity contribution is 0.834. The quantitative estimate of drug-likeness (QED) is 0.204. The summed E-state index contributed by atoms with van der Waals surface area (Å²) in [5, 5.41) is 19.6. The molecule has 4 aromatic rings. The second-order valence-corrected chi connectivity index (χ2v) is 14.4. The van der Waals surface area contributed by atoms with Crippen LogP contribution in [-0.2, 0) is 0 Å². The van der Waals surface area contributed by atoms with Gasteiger partial charge in [-0.05, 0) is 69.2 Å². The minimum atomic E-state index is 0.0372. The van der Waals surface area contributed by atoms with Crippen molar-refractivity contribution >= 4 is 34.1 Å². The van der Waals surface area contributed by atoms with Gasteiger partial charge in [0.25, 0.3) is 0 Å². The van der Waals surface area contributed by atoms with Crippen molar-refractivity contribution in [3.05, 3.63) is 112 Å². The summed E-state index contributed by atoms with van der Waals surface area (Å²) < 4.78 is 3.09. The first-order chi connectivity index (χ1) is 20.9. The number of thiophene rings is 2. The molecule has 6 heteroatoms. The number of benzene rings is 2. The van der Waals surface area contributed by atoms with E-state index in [1.807, 2.05) is 12.1 Å². The predicted octanol–water partition coefficient (Wildman–Crippen LogP) is 10.0. The highest BCUT2D eigenvalue weighted by Crippen LogP contribution is 2.35. The van der Waals surface area contributed by atoms with Gasteiger partial charge in [-0.1, -0.05) is 91.8 Å². The Morgan fingerprint density at radius 1 is 0.568 bits per heavy atom. The number of rotatable bonds is 6. The molecule has 0 atom stereocenters. The Balaban J connectivity index is 2.34. The summed E-state index contributed by atoms with van der Waals surface area (Å²) >= 11 is 2.86. The van der Waals surface area contributed by atoms with E-state index >= 15 is 0 Å². The molecule has 0 saturated heterocycles. The van der Waals surface area contributed by atoms with Crippen molar-refractivity contribution in [2.24, 2.45) is 0 Å². The first kappa shape index (κ1) is 32.5. The van der Waals surface area contributed by atoms with Crippen molar-refractivity contribution in [2.75, 3.05) is 0 Å². The van der Waals surface area contributed by atoms with Gasteiger partial charge in [0.1, 0.15) is 35.4 Å². The van der Waals surface area contributed by atoms with Crippen LogP contribution in [0.5, 0.6) is 0 Å². The number of nitriles is 2. The lowest BCUT2D eigenvalue weighted by atomic mass is 9.90. The average Bonchev–Trinajstić information content (AvgIpc) is 3.63. The van der Waals surface area contributed by atoms with Crippen LogP contribution < -0.4 is 9.06 Å². The van der Waals surface area contributed by atoms with Gasteiger partial charge in [-0.3, -0.25) is 0 Å².